The lowest BCUT2D eigenvalue weighted by molar-refractivity contribution is -0.134. The zero-order chi connectivity index (χ0) is 28.3. The molecule has 1 atom stereocenters. The molecule has 0 aliphatic carbocycles. The molecule has 3 aromatic rings. The van der Waals surface area contributed by atoms with Gasteiger partial charge in [-0.2, -0.15) is 8.78 Å². The molecule has 2 heterocycles. The minimum Gasteiger partial charge on any atom is -0.478 e. The number of ether oxygens (including phenoxy) is 1. The molecule has 0 saturated heterocycles. The number of hydrogen-bond acceptors (Lipinski definition) is 7. The van der Waals surface area contributed by atoms with Crippen LogP contribution in [-0.2, 0) is 26.2 Å². The number of carbonyl (C=O) groups is 2. The number of aromatic nitrogens is 2. The lowest BCUT2D eigenvalue weighted by Crippen LogP contribution is -2.20. The SMILES string of the molecule is C=CC(c1cccnc1)S(=O)(=O)n1cc(CNC)cc1-c1ccc(OC(F)F)cc1.O=C(O)/C=C/C(=O)O. The third-order valence-corrected chi connectivity index (χ3v) is 6.75. The number of hydrogen-bond donors (Lipinski definition) is 3. The monoisotopic (exact) mass is 549 g/mol. The first-order valence-electron chi connectivity index (χ1n) is 10.8. The first-order valence-corrected chi connectivity index (χ1v) is 12.3. The second-order valence-corrected chi connectivity index (χ2v) is 9.39. The number of rotatable bonds is 11. The van der Waals surface area contributed by atoms with Crippen molar-refractivity contribution in [3.05, 3.63) is 97.0 Å². The molecule has 1 aromatic carbocycles. The maximum atomic E-state index is 13.5. The molecule has 0 fully saturated rings. The van der Waals surface area contributed by atoms with Crippen LogP contribution in [0.4, 0.5) is 8.78 Å². The van der Waals surface area contributed by atoms with Crippen LogP contribution in [0.3, 0.4) is 0 Å². The normalized spacial score (nSPS) is 12.0. The van der Waals surface area contributed by atoms with Crippen molar-refractivity contribution in [3.63, 3.8) is 0 Å². The average Bonchev–Trinajstić information content (AvgIpc) is 3.29. The zero-order valence-corrected chi connectivity index (χ0v) is 20.9. The van der Waals surface area contributed by atoms with Gasteiger partial charge in [-0.15, -0.1) is 6.58 Å². The summed E-state index contributed by atoms with van der Waals surface area (Å²) in [7, 11) is -2.18. The summed E-state index contributed by atoms with van der Waals surface area (Å²) in [4.78, 5) is 23.1. The molecule has 10 nitrogen and oxygen atoms in total. The maximum Gasteiger partial charge on any atom is 0.387 e. The second kappa shape index (κ2) is 13.8. The Hall–Kier alpha value is -4.36. The van der Waals surface area contributed by atoms with Crippen molar-refractivity contribution in [1.82, 2.24) is 14.3 Å². The fourth-order valence-electron chi connectivity index (χ4n) is 3.26. The van der Waals surface area contributed by atoms with Gasteiger partial charge < -0.3 is 20.3 Å². The Bertz CT molecular complexity index is 1360. The van der Waals surface area contributed by atoms with E-state index in [2.05, 4.69) is 21.6 Å². The first-order chi connectivity index (χ1) is 18.0. The van der Waals surface area contributed by atoms with Gasteiger partial charge in [0.05, 0.1) is 5.69 Å². The van der Waals surface area contributed by atoms with Crippen molar-refractivity contribution in [2.75, 3.05) is 7.05 Å². The number of benzene rings is 1. The van der Waals surface area contributed by atoms with Crippen LogP contribution < -0.4 is 10.1 Å². The Morgan fingerprint density at radius 3 is 2.26 bits per heavy atom. The molecule has 0 amide bonds. The second-order valence-electron chi connectivity index (χ2n) is 7.46. The van der Waals surface area contributed by atoms with Crippen LogP contribution in [0.15, 0.2) is 85.9 Å². The fraction of sp³-hybridized carbons (Fsp3) is 0.160. The van der Waals surface area contributed by atoms with Crippen LogP contribution in [-0.4, -0.2) is 53.2 Å². The Balaban J connectivity index is 0.000000550. The summed E-state index contributed by atoms with van der Waals surface area (Å²) in [5.74, 6) is -2.52. The molecule has 0 saturated carbocycles. The average molecular weight is 550 g/mol. The van der Waals surface area contributed by atoms with E-state index in [-0.39, 0.29) is 5.75 Å². The summed E-state index contributed by atoms with van der Waals surface area (Å²) in [5, 5.41) is 17.6. The smallest absolute Gasteiger partial charge is 0.387 e. The van der Waals surface area contributed by atoms with E-state index in [1.807, 2.05) is 0 Å². The van der Waals surface area contributed by atoms with Crippen molar-refractivity contribution in [2.45, 2.75) is 18.4 Å². The molecule has 202 valence electrons. The van der Waals surface area contributed by atoms with Crippen LogP contribution in [0.25, 0.3) is 11.3 Å². The molecule has 0 spiro atoms. The Morgan fingerprint density at radius 1 is 1.16 bits per heavy atom. The topological polar surface area (TPSA) is 148 Å². The number of pyridine rings is 1. The Labute approximate surface area is 217 Å². The van der Waals surface area contributed by atoms with Gasteiger partial charge in [0.1, 0.15) is 11.0 Å². The third kappa shape index (κ3) is 8.35. The summed E-state index contributed by atoms with van der Waals surface area (Å²) >= 11 is 0. The Morgan fingerprint density at radius 2 is 1.79 bits per heavy atom. The van der Waals surface area contributed by atoms with Crippen molar-refractivity contribution in [2.24, 2.45) is 0 Å². The minimum atomic E-state index is -3.93. The van der Waals surface area contributed by atoms with Gasteiger partial charge in [-0.25, -0.2) is 22.0 Å². The van der Waals surface area contributed by atoms with Crippen LogP contribution >= 0.6 is 0 Å². The van der Waals surface area contributed by atoms with E-state index in [0.29, 0.717) is 35.5 Å². The van der Waals surface area contributed by atoms with Crippen LogP contribution in [0, 0.1) is 0 Å². The van der Waals surface area contributed by atoms with Gasteiger partial charge in [0, 0.05) is 37.3 Å². The largest absolute Gasteiger partial charge is 0.478 e. The fourth-order valence-corrected chi connectivity index (χ4v) is 4.95. The van der Waals surface area contributed by atoms with E-state index < -0.39 is 33.8 Å². The van der Waals surface area contributed by atoms with E-state index in [9.17, 15) is 26.8 Å². The van der Waals surface area contributed by atoms with Gasteiger partial charge in [-0.1, -0.05) is 12.1 Å². The van der Waals surface area contributed by atoms with Crippen molar-refractivity contribution in [3.8, 4) is 17.0 Å². The predicted octanol–water partition coefficient (Wildman–Crippen LogP) is 3.69. The van der Waals surface area contributed by atoms with E-state index >= 15 is 0 Å². The number of nitrogens with zero attached hydrogens (tertiary/aromatic N) is 2. The van der Waals surface area contributed by atoms with E-state index in [4.69, 9.17) is 10.2 Å². The van der Waals surface area contributed by atoms with Crippen molar-refractivity contribution < 1.29 is 41.7 Å². The molecular formula is C25H25F2N3O7S. The van der Waals surface area contributed by atoms with Gasteiger partial charge in [0.15, 0.2) is 0 Å². The Kier molecular flexibility index (Phi) is 10.9. The lowest BCUT2D eigenvalue weighted by Gasteiger charge is -2.17. The molecule has 0 aliphatic rings. The maximum absolute atomic E-state index is 13.5. The lowest BCUT2D eigenvalue weighted by atomic mass is 10.1. The van der Waals surface area contributed by atoms with Crippen LogP contribution in [0.2, 0.25) is 0 Å². The summed E-state index contributed by atoms with van der Waals surface area (Å²) in [6.07, 6.45) is 7.05. The highest BCUT2D eigenvalue weighted by atomic mass is 32.2. The van der Waals surface area contributed by atoms with Gasteiger partial charge in [0.2, 0.25) is 10.0 Å². The van der Waals surface area contributed by atoms with E-state index in [1.54, 1.807) is 31.4 Å². The van der Waals surface area contributed by atoms with Gasteiger partial charge in [-0.05, 0) is 60.1 Å². The molecule has 0 radical (unpaired) electrons. The number of halogens is 2. The molecule has 0 bridgehead atoms. The van der Waals surface area contributed by atoms with Crippen molar-refractivity contribution >= 4 is 22.0 Å². The number of aliphatic carboxylic acids is 2. The molecule has 2 aromatic heterocycles. The molecule has 38 heavy (non-hydrogen) atoms. The summed E-state index contributed by atoms with van der Waals surface area (Å²) in [6, 6.07) is 10.9. The molecule has 13 heteroatoms. The first kappa shape index (κ1) is 29.9. The standard InChI is InChI=1S/C21H21F2N3O3S.C4H4O4/c1-3-20(17-5-4-10-25-13-17)30(27,28)26-14-15(12-24-2)11-19(26)16-6-8-18(9-7-16)29-21(22)23;5-3(6)1-2-4(7)8/h3-11,13-14,20-21,24H,1,12H2,2H3;1-2H,(H,5,6)(H,7,8)/b;2-1+. The highest BCUT2D eigenvalue weighted by Gasteiger charge is 2.29. The van der Waals surface area contributed by atoms with Crippen LogP contribution in [0.1, 0.15) is 16.4 Å². The number of nitrogens with one attached hydrogen (secondary N) is 1. The van der Waals surface area contributed by atoms with E-state index in [1.165, 1.54) is 46.7 Å². The highest BCUT2D eigenvalue weighted by molar-refractivity contribution is 7.90. The molecule has 3 rings (SSSR count). The minimum absolute atomic E-state index is 0.00973. The molecular weight excluding hydrogens is 524 g/mol. The zero-order valence-electron chi connectivity index (χ0n) is 20.1. The van der Waals surface area contributed by atoms with Crippen LogP contribution in [0.5, 0.6) is 5.75 Å². The molecule has 3 N–H and O–H groups in total. The predicted molar refractivity (Wildman–Crippen MR) is 135 cm³/mol. The van der Waals surface area contributed by atoms with Crippen molar-refractivity contribution in [1.29, 1.82) is 0 Å². The van der Waals surface area contributed by atoms with Gasteiger partial charge in [-0.3, -0.25) is 4.98 Å². The van der Waals surface area contributed by atoms with E-state index in [0.717, 1.165) is 5.56 Å². The summed E-state index contributed by atoms with van der Waals surface area (Å²) in [6.45, 7) is 1.21. The number of carboxylic acid groups (broad SMARTS) is 2. The number of alkyl halides is 2. The molecule has 0 aliphatic heterocycles. The molecule has 1 unspecified atom stereocenters. The summed E-state index contributed by atoms with van der Waals surface area (Å²) in [5.41, 5.74) is 2.18. The third-order valence-electron chi connectivity index (χ3n) is 4.79. The highest BCUT2D eigenvalue weighted by Crippen LogP contribution is 2.32. The number of carboxylic acids is 2. The summed E-state index contributed by atoms with van der Waals surface area (Å²) < 4.78 is 57.4. The quantitative estimate of drug-likeness (QED) is 0.241. The van der Waals surface area contributed by atoms with Gasteiger partial charge in [0.25, 0.3) is 0 Å². The van der Waals surface area contributed by atoms with Gasteiger partial charge >= 0.3 is 18.6 Å².